The zero-order chi connectivity index (χ0) is 13.1. The Morgan fingerprint density at radius 3 is 2.95 bits per heavy atom. The molecule has 5 heteroatoms. The molecule has 1 aromatic carbocycles. The van der Waals surface area contributed by atoms with Crippen LogP contribution in [0.2, 0.25) is 0 Å². The van der Waals surface area contributed by atoms with Crippen molar-refractivity contribution in [3.8, 4) is 10.6 Å². The maximum Gasteiger partial charge on any atom is 0.123 e. The van der Waals surface area contributed by atoms with Crippen LogP contribution in [0.4, 0.5) is 5.69 Å². The quantitative estimate of drug-likeness (QED) is 0.771. The third-order valence-corrected chi connectivity index (χ3v) is 4.58. The highest BCUT2D eigenvalue weighted by atomic mass is 32.1. The first-order valence-electron chi connectivity index (χ1n) is 5.98. The minimum absolute atomic E-state index is 0.263. The summed E-state index contributed by atoms with van der Waals surface area (Å²) >= 11 is 3.32. The molecule has 0 spiro atoms. The largest absolute Gasteiger partial charge is 0.378 e. The normalized spacial score (nSPS) is 12.3. The van der Waals surface area contributed by atoms with Gasteiger partial charge in [0.15, 0.2) is 0 Å². The molecule has 1 unspecified atom stereocenters. The summed E-state index contributed by atoms with van der Waals surface area (Å²) < 4.78 is 0. The summed E-state index contributed by atoms with van der Waals surface area (Å²) in [4.78, 5) is 9.69. The molecule has 2 heterocycles. The summed E-state index contributed by atoms with van der Waals surface area (Å²) in [6, 6.07) is 8.62. The van der Waals surface area contributed by atoms with Crippen molar-refractivity contribution in [1.82, 2.24) is 9.97 Å². The van der Waals surface area contributed by atoms with Crippen molar-refractivity contribution in [1.29, 1.82) is 0 Å². The molecule has 3 aromatic rings. The van der Waals surface area contributed by atoms with E-state index in [9.17, 15) is 0 Å². The fraction of sp³-hybridized carbons (Fsp3) is 0.143. The van der Waals surface area contributed by atoms with E-state index in [1.807, 2.05) is 23.3 Å². The number of rotatable bonds is 4. The lowest BCUT2D eigenvalue weighted by atomic mass is 10.2. The van der Waals surface area contributed by atoms with Crippen molar-refractivity contribution >= 4 is 28.4 Å². The Hall–Kier alpha value is -1.72. The molecule has 0 saturated carbocycles. The molecule has 0 aliphatic rings. The summed E-state index contributed by atoms with van der Waals surface area (Å²) in [5, 5.41) is 6.54. The third-order valence-electron chi connectivity index (χ3n) is 2.80. The lowest BCUT2D eigenvalue weighted by Gasteiger charge is -2.13. The van der Waals surface area contributed by atoms with Gasteiger partial charge in [0.2, 0.25) is 0 Å². The molecule has 0 bridgehead atoms. The molecule has 0 radical (unpaired) electrons. The Labute approximate surface area is 120 Å². The number of anilines is 1. The summed E-state index contributed by atoms with van der Waals surface area (Å²) in [5.41, 5.74) is 4.12. The number of aromatic nitrogens is 2. The zero-order valence-corrected chi connectivity index (χ0v) is 12.0. The second-order valence-corrected chi connectivity index (χ2v) is 6.00. The van der Waals surface area contributed by atoms with Gasteiger partial charge in [-0.2, -0.15) is 0 Å². The number of thiazole rings is 2. The van der Waals surface area contributed by atoms with Crippen LogP contribution in [0.25, 0.3) is 10.6 Å². The predicted octanol–water partition coefficient (Wildman–Crippen LogP) is 4.44. The van der Waals surface area contributed by atoms with Crippen molar-refractivity contribution in [2.75, 3.05) is 5.32 Å². The maximum absolute atomic E-state index is 4.34. The number of nitrogens with zero attached hydrogens (tertiary/aromatic N) is 2. The van der Waals surface area contributed by atoms with Crippen molar-refractivity contribution in [3.05, 3.63) is 52.4 Å². The van der Waals surface area contributed by atoms with E-state index in [-0.39, 0.29) is 6.04 Å². The van der Waals surface area contributed by atoms with Gasteiger partial charge in [-0.15, -0.1) is 22.7 Å². The molecular weight excluding hydrogens is 274 g/mol. The monoisotopic (exact) mass is 287 g/mol. The van der Waals surface area contributed by atoms with Crippen LogP contribution >= 0.6 is 22.7 Å². The van der Waals surface area contributed by atoms with Gasteiger partial charge >= 0.3 is 0 Å². The molecule has 3 rings (SSSR count). The van der Waals surface area contributed by atoms with Gasteiger partial charge in [-0.1, -0.05) is 12.1 Å². The molecule has 0 fully saturated rings. The second-order valence-electron chi connectivity index (χ2n) is 4.19. The highest BCUT2D eigenvalue weighted by molar-refractivity contribution is 7.13. The Morgan fingerprint density at radius 1 is 1.26 bits per heavy atom. The second kappa shape index (κ2) is 5.50. The fourth-order valence-corrected chi connectivity index (χ4v) is 3.13. The van der Waals surface area contributed by atoms with Crippen molar-refractivity contribution < 1.29 is 0 Å². The van der Waals surface area contributed by atoms with Crippen LogP contribution in [-0.2, 0) is 0 Å². The third kappa shape index (κ3) is 2.83. The molecule has 0 saturated heterocycles. The minimum Gasteiger partial charge on any atom is -0.378 e. The minimum atomic E-state index is 0.263. The van der Waals surface area contributed by atoms with E-state index in [0.717, 1.165) is 16.3 Å². The van der Waals surface area contributed by atoms with Gasteiger partial charge in [0, 0.05) is 33.9 Å². The highest BCUT2D eigenvalue weighted by Gasteiger charge is 2.08. The van der Waals surface area contributed by atoms with Crippen LogP contribution < -0.4 is 5.32 Å². The maximum atomic E-state index is 4.34. The SMILES string of the molecule is CC(Nc1cccc(-c2nccs2)c1)c1cncs1. The van der Waals surface area contributed by atoms with E-state index in [0.29, 0.717) is 0 Å². The highest BCUT2D eigenvalue weighted by Crippen LogP contribution is 2.27. The van der Waals surface area contributed by atoms with E-state index in [2.05, 4.69) is 46.5 Å². The van der Waals surface area contributed by atoms with Gasteiger partial charge in [-0.3, -0.25) is 4.98 Å². The molecule has 1 N–H and O–H groups in total. The first-order valence-corrected chi connectivity index (χ1v) is 7.74. The van der Waals surface area contributed by atoms with Gasteiger partial charge in [0.05, 0.1) is 11.6 Å². The number of hydrogen-bond acceptors (Lipinski definition) is 5. The van der Waals surface area contributed by atoms with Crippen LogP contribution in [0, 0.1) is 0 Å². The van der Waals surface area contributed by atoms with E-state index in [1.54, 1.807) is 22.7 Å². The van der Waals surface area contributed by atoms with Crippen molar-refractivity contribution in [3.63, 3.8) is 0 Å². The van der Waals surface area contributed by atoms with Gasteiger partial charge in [-0.25, -0.2) is 4.98 Å². The number of benzene rings is 1. The summed E-state index contributed by atoms with van der Waals surface area (Å²) in [6.07, 6.45) is 3.74. The van der Waals surface area contributed by atoms with Crippen LogP contribution in [-0.4, -0.2) is 9.97 Å². The summed E-state index contributed by atoms with van der Waals surface area (Å²) in [6.45, 7) is 2.14. The molecule has 0 aliphatic carbocycles. The average Bonchev–Trinajstić information content (AvgIpc) is 3.13. The molecule has 19 heavy (non-hydrogen) atoms. The standard InChI is InChI=1S/C14H13N3S2/c1-10(13-8-15-9-19-13)17-12-4-2-3-11(7-12)14-16-5-6-18-14/h2-10,17H,1H3. The zero-order valence-electron chi connectivity index (χ0n) is 10.4. The van der Waals surface area contributed by atoms with Gasteiger partial charge in [-0.05, 0) is 19.1 Å². The van der Waals surface area contributed by atoms with E-state index >= 15 is 0 Å². The topological polar surface area (TPSA) is 37.8 Å². The predicted molar refractivity (Wildman–Crippen MR) is 81.7 cm³/mol. The first-order chi connectivity index (χ1) is 9.33. The average molecular weight is 287 g/mol. The molecule has 1 atom stereocenters. The molecule has 2 aromatic heterocycles. The van der Waals surface area contributed by atoms with Crippen molar-refractivity contribution in [2.24, 2.45) is 0 Å². The number of hydrogen-bond donors (Lipinski definition) is 1. The Morgan fingerprint density at radius 2 is 2.21 bits per heavy atom. The van der Waals surface area contributed by atoms with Gasteiger partial charge in [0.25, 0.3) is 0 Å². The summed E-state index contributed by atoms with van der Waals surface area (Å²) in [7, 11) is 0. The Bertz CT molecular complexity index is 633. The van der Waals surface area contributed by atoms with Crippen molar-refractivity contribution in [2.45, 2.75) is 13.0 Å². The molecule has 3 nitrogen and oxygen atoms in total. The first kappa shape index (κ1) is 12.3. The van der Waals surface area contributed by atoms with Gasteiger partial charge in [0.1, 0.15) is 5.01 Å². The van der Waals surface area contributed by atoms with Crippen LogP contribution in [0.5, 0.6) is 0 Å². The molecule has 96 valence electrons. The van der Waals surface area contributed by atoms with Crippen LogP contribution in [0.1, 0.15) is 17.8 Å². The number of nitrogens with one attached hydrogen (secondary N) is 1. The lowest BCUT2D eigenvalue weighted by molar-refractivity contribution is 0.904. The molecule has 0 amide bonds. The lowest BCUT2D eigenvalue weighted by Crippen LogP contribution is -2.04. The fourth-order valence-electron chi connectivity index (χ4n) is 1.87. The van der Waals surface area contributed by atoms with Crippen LogP contribution in [0.3, 0.4) is 0 Å². The van der Waals surface area contributed by atoms with E-state index in [4.69, 9.17) is 0 Å². The summed E-state index contributed by atoms with van der Waals surface area (Å²) in [5.74, 6) is 0. The van der Waals surface area contributed by atoms with E-state index in [1.165, 1.54) is 4.88 Å². The van der Waals surface area contributed by atoms with Gasteiger partial charge < -0.3 is 5.32 Å². The van der Waals surface area contributed by atoms with Crippen LogP contribution in [0.15, 0.2) is 47.5 Å². The Kier molecular flexibility index (Phi) is 3.57. The Balaban J connectivity index is 1.80. The molecule has 0 aliphatic heterocycles. The van der Waals surface area contributed by atoms with E-state index < -0.39 is 0 Å². The molecular formula is C14H13N3S2. The smallest absolute Gasteiger partial charge is 0.123 e.